The van der Waals surface area contributed by atoms with E-state index < -0.39 is 94.4 Å². The van der Waals surface area contributed by atoms with E-state index in [0.29, 0.717) is 55.2 Å². The van der Waals surface area contributed by atoms with Gasteiger partial charge in [-0.05, 0) is 126 Å². The van der Waals surface area contributed by atoms with Crippen molar-refractivity contribution in [3.63, 3.8) is 0 Å². The van der Waals surface area contributed by atoms with Gasteiger partial charge >= 0.3 is 29.8 Å². The van der Waals surface area contributed by atoms with E-state index in [-0.39, 0.29) is 49.9 Å². The maximum absolute atomic E-state index is 14.0. The molecule has 19 nitrogen and oxygen atoms in total. The Morgan fingerprint density at radius 1 is 0.692 bits per heavy atom. The number of nitrogens with one attached hydrogen (secondary N) is 2. The van der Waals surface area contributed by atoms with Crippen LogP contribution in [0.2, 0.25) is 0 Å². The number of aromatic amines is 1. The Morgan fingerprint density at radius 2 is 1.27 bits per heavy atom. The second kappa shape index (κ2) is 26.2. The number of carbonyl (C=O) groups is 6. The zero-order valence-corrected chi connectivity index (χ0v) is 48.7. The topological polar surface area (TPSA) is 235 Å². The molecule has 2 saturated heterocycles. The van der Waals surface area contributed by atoms with E-state index in [1.165, 1.54) is 0 Å². The van der Waals surface area contributed by atoms with E-state index in [1.54, 1.807) is 109 Å². The SMILES string of the molecule is CC(C)c1[nH]nc(O[C@@H]2O[C@H](COC(=O)C(C)(C)C)[C@@H](OC(=O)C(C)(C)C)[C@H](OC(=O)C(C)(C)C)[C@H]2OC(=O)C(C)(C)C)c1Cc1ccc(OCCCC(=O)NC(C)(C)C(=O)OCc2ccccc2)cc1OC1CCOCC1. The highest BCUT2D eigenvalue weighted by atomic mass is 16.7. The second-order valence-electron chi connectivity index (χ2n) is 25.0. The molecule has 5 rings (SSSR count). The van der Waals surface area contributed by atoms with Crippen LogP contribution in [0.5, 0.6) is 17.4 Å². The van der Waals surface area contributed by atoms with Gasteiger partial charge in [-0.1, -0.05) is 50.2 Å². The van der Waals surface area contributed by atoms with E-state index in [1.807, 2.05) is 50.2 Å². The maximum Gasteiger partial charge on any atom is 0.331 e. The summed E-state index contributed by atoms with van der Waals surface area (Å²) in [6, 6.07) is 14.8. The van der Waals surface area contributed by atoms with Crippen molar-refractivity contribution < 1.29 is 76.1 Å². The second-order valence-corrected chi connectivity index (χ2v) is 25.0. The Balaban J connectivity index is 1.47. The number of hydrogen-bond acceptors (Lipinski definition) is 17. The van der Waals surface area contributed by atoms with Gasteiger partial charge in [-0.15, -0.1) is 5.10 Å². The normalized spacial score (nSPS) is 19.5. The number of amides is 1. The van der Waals surface area contributed by atoms with Crippen LogP contribution in [-0.4, -0.2) is 115 Å². The number of esters is 5. The monoisotopic (exact) mass is 1090 g/mol. The molecule has 0 spiro atoms. The molecule has 432 valence electrons. The molecule has 2 aliphatic rings. The fraction of sp³-hybridized carbons (Fsp3) is 0.644. The lowest BCUT2D eigenvalue weighted by atomic mass is 9.93. The third-order valence-electron chi connectivity index (χ3n) is 12.7. The van der Waals surface area contributed by atoms with Crippen LogP contribution in [0.25, 0.3) is 0 Å². The molecular formula is C59H85N3O16. The summed E-state index contributed by atoms with van der Waals surface area (Å²) >= 11 is 0. The summed E-state index contributed by atoms with van der Waals surface area (Å²) in [7, 11) is 0. The summed E-state index contributed by atoms with van der Waals surface area (Å²) in [4.78, 5) is 81.0. The number of aromatic nitrogens is 2. The zero-order valence-electron chi connectivity index (χ0n) is 48.7. The number of nitrogens with zero attached hydrogens (tertiary/aromatic N) is 1. The molecular weight excluding hydrogens is 1010 g/mol. The van der Waals surface area contributed by atoms with Crippen molar-refractivity contribution in [2.24, 2.45) is 21.7 Å². The number of benzene rings is 2. The third kappa shape index (κ3) is 17.9. The number of carbonyl (C=O) groups excluding carboxylic acids is 6. The summed E-state index contributed by atoms with van der Waals surface area (Å²) < 4.78 is 61.8. The van der Waals surface area contributed by atoms with E-state index in [4.69, 9.17) is 47.4 Å². The first kappa shape index (κ1) is 62.6. The van der Waals surface area contributed by atoms with Crippen molar-refractivity contribution in [3.05, 3.63) is 70.9 Å². The van der Waals surface area contributed by atoms with Crippen LogP contribution < -0.4 is 19.5 Å². The largest absolute Gasteiger partial charge is 0.493 e. The van der Waals surface area contributed by atoms with Crippen LogP contribution >= 0.6 is 0 Å². The zero-order chi connectivity index (χ0) is 58.0. The highest BCUT2D eigenvalue weighted by Gasteiger charge is 2.56. The molecule has 2 aliphatic heterocycles. The molecule has 0 unspecified atom stereocenters. The minimum absolute atomic E-state index is 0.0558. The Hall–Kier alpha value is -6.21. The summed E-state index contributed by atoms with van der Waals surface area (Å²) in [6.07, 6.45) is -5.71. The van der Waals surface area contributed by atoms with Crippen LogP contribution in [0.3, 0.4) is 0 Å². The Bertz CT molecular complexity index is 2520. The highest BCUT2D eigenvalue weighted by Crippen LogP contribution is 2.39. The smallest absolute Gasteiger partial charge is 0.331 e. The minimum atomic E-state index is -1.59. The van der Waals surface area contributed by atoms with Crippen molar-refractivity contribution >= 4 is 35.8 Å². The molecule has 0 aliphatic carbocycles. The number of H-pyrrole nitrogens is 1. The highest BCUT2D eigenvalue weighted by molar-refractivity contribution is 5.87. The fourth-order valence-corrected chi connectivity index (χ4v) is 7.83. The summed E-state index contributed by atoms with van der Waals surface area (Å²) in [5.41, 5.74) is -2.52. The van der Waals surface area contributed by atoms with E-state index in [2.05, 4.69) is 15.5 Å². The molecule has 2 N–H and O–H groups in total. The van der Waals surface area contributed by atoms with Crippen molar-refractivity contribution in [1.29, 1.82) is 0 Å². The average molecular weight is 1090 g/mol. The Morgan fingerprint density at radius 3 is 1.85 bits per heavy atom. The van der Waals surface area contributed by atoms with Gasteiger partial charge in [0.05, 0.1) is 41.5 Å². The lowest BCUT2D eigenvalue weighted by Crippen LogP contribution is -2.65. The van der Waals surface area contributed by atoms with Gasteiger partial charge in [0.1, 0.15) is 42.5 Å². The third-order valence-corrected chi connectivity index (χ3v) is 12.7. The minimum Gasteiger partial charge on any atom is -0.493 e. The molecule has 3 aromatic rings. The molecule has 19 heteroatoms. The molecule has 5 atom stereocenters. The number of rotatable bonds is 21. The van der Waals surface area contributed by atoms with Crippen molar-refractivity contribution in [3.8, 4) is 17.4 Å². The molecule has 0 radical (unpaired) electrons. The quantitative estimate of drug-likeness (QED) is 0.0575. The molecule has 2 aromatic carbocycles. The first-order chi connectivity index (χ1) is 36.2. The fourth-order valence-electron chi connectivity index (χ4n) is 7.83. The maximum atomic E-state index is 14.0. The standard InChI is InChI=1S/C59H85N3O16/c1-35(2)44-40(31-37-24-25-39(32-41(37)73-38-26-29-69-30-27-38)70-28-20-23-43(63)60-59(15,16)54(68)71-33-36-21-18-17-19-22-36)48(62-61-44)78-49-47(77-53(67)58(12,13)14)46(76-52(66)57(9,10)11)45(75-51(65)56(6,7)8)42(74-49)34-72-50(64)55(3,4)5/h17-19,21-22,24-25,32,35,38,42,45-47,49H,20,23,26-31,33-34H2,1-16H3,(H,60,63)(H,61,62)/t42-,45-,46+,47-,49+/m1/s1. The van der Waals surface area contributed by atoms with Crippen molar-refractivity contribution in [2.45, 2.75) is 198 Å². The Labute approximate surface area is 460 Å². The van der Waals surface area contributed by atoms with Gasteiger partial charge < -0.3 is 52.7 Å². The van der Waals surface area contributed by atoms with Crippen molar-refractivity contribution in [2.75, 3.05) is 26.4 Å². The average Bonchev–Trinajstić information content (AvgIpc) is 3.74. The van der Waals surface area contributed by atoms with Gasteiger partial charge in [0.15, 0.2) is 12.2 Å². The van der Waals surface area contributed by atoms with Gasteiger partial charge in [0, 0.05) is 43.0 Å². The Kier molecular flexibility index (Phi) is 21.0. The molecule has 1 aromatic heterocycles. The molecule has 3 heterocycles. The predicted octanol–water partition coefficient (Wildman–Crippen LogP) is 9.05. The van der Waals surface area contributed by atoms with Gasteiger partial charge in [0.2, 0.25) is 24.2 Å². The van der Waals surface area contributed by atoms with Gasteiger partial charge in [0.25, 0.3) is 0 Å². The van der Waals surface area contributed by atoms with Crippen LogP contribution in [-0.2, 0) is 75.0 Å². The van der Waals surface area contributed by atoms with Gasteiger partial charge in [-0.2, -0.15) is 0 Å². The van der Waals surface area contributed by atoms with E-state index in [9.17, 15) is 28.8 Å². The van der Waals surface area contributed by atoms with Crippen molar-refractivity contribution in [1.82, 2.24) is 15.5 Å². The number of hydrogen-bond donors (Lipinski definition) is 2. The van der Waals surface area contributed by atoms with Gasteiger partial charge in [-0.3, -0.25) is 29.1 Å². The molecule has 2 fully saturated rings. The summed E-state index contributed by atoms with van der Waals surface area (Å²) in [5, 5.41) is 10.5. The number of ether oxygens (including phenoxy) is 10. The summed E-state index contributed by atoms with van der Waals surface area (Å²) in [6.45, 7) is 28.0. The van der Waals surface area contributed by atoms with Crippen LogP contribution in [0.15, 0.2) is 48.5 Å². The molecule has 78 heavy (non-hydrogen) atoms. The first-order valence-electron chi connectivity index (χ1n) is 27.0. The lowest BCUT2D eigenvalue weighted by molar-refractivity contribution is -0.294. The van der Waals surface area contributed by atoms with E-state index in [0.717, 1.165) is 11.1 Å². The summed E-state index contributed by atoms with van der Waals surface area (Å²) in [5.74, 6) is -2.61. The van der Waals surface area contributed by atoms with Gasteiger partial charge in [-0.25, -0.2) is 4.79 Å². The molecule has 0 saturated carbocycles. The van der Waals surface area contributed by atoms with E-state index >= 15 is 0 Å². The molecule has 1 amide bonds. The van der Waals surface area contributed by atoms with Crippen LogP contribution in [0.4, 0.5) is 0 Å². The van der Waals surface area contributed by atoms with Crippen LogP contribution in [0, 0.1) is 21.7 Å². The predicted molar refractivity (Wildman–Crippen MR) is 287 cm³/mol. The lowest BCUT2D eigenvalue weighted by Gasteiger charge is -2.45. The molecule has 0 bridgehead atoms. The first-order valence-corrected chi connectivity index (χ1v) is 27.0. The van der Waals surface area contributed by atoms with Crippen LogP contribution in [0.1, 0.15) is 165 Å².